The molecule has 1 amide bonds. The van der Waals surface area contributed by atoms with Gasteiger partial charge in [0.25, 0.3) is 11.6 Å². The Morgan fingerprint density at radius 3 is 2.86 bits per heavy atom. The molecule has 4 aromatic rings. The zero-order chi connectivity index (χ0) is 19.7. The number of nitrogens with zero attached hydrogens (tertiary/aromatic N) is 7. The monoisotopic (exact) mass is 378 g/mol. The highest BCUT2D eigenvalue weighted by atomic mass is 16.6. The van der Waals surface area contributed by atoms with Crippen molar-refractivity contribution in [1.82, 2.24) is 34.7 Å². The quantitative estimate of drug-likeness (QED) is 0.413. The zero-order valence-corrected chi connectivity index (χ0v) is 14.6. The molecule has 0 aliphatic heterocycles. The standard InChI is InChI=1S/C17H14N8O3/c1-11(16-22-21-15-4-2-3-7-23(15)16)20-17(26)12-5-6-13(14(8-12)25(27)28)24-10-18-9-19-24/h2-11H,1H3,(H,20,26). The number of nitro groups is 1. The van der Waals surface area contributed by atoms with Crippen LogP contribution >= 0.6 is 0 Å². The molecular weight excluding hydrogens is 364 g/mol. The third-order valence-corrected chi connectivity index (χ3v) is 4.17. The number of aromatic nitrogens is 6. The van der Waals surface area contributed by atoms with Gasteiger partial charge >= 0.3 is 0 Å². The Labute approximate surface area is 157 Å². The average molecular weight is 378 g/mol. The molecule has 0 bridgehead atoms. The Hall–Kier alpha value is -4.15. The van der Waals surface area contributed by atoms with Crippen LogP contribution in [0, 0.1) is 10.1 Å². The van der Waals surface area contributed by atoms with E-state index in [0.29, 0.717) is 11.5 Å². The Kier molecular flexibility index (Phi) is 4.24. The minimum Gasteiger partial charge on any atom is -0.342 e. The van der Waals surface area contributed by atoms with E-state index < -0.39 is 16.9 Å². The molecule has 0 fully saturated rings. The van der Waals surface area contributed by atoms with E-state index in [0.717, 1.165) is 0 Å². The van der Waals surface area contributed by atoms with Crippen LogP contribution in [0.1, 0.15) is 29.1 Å². The van der Waals surface area contributed by atoms with Crippen molar-refractivity contribution < 1.29 is 9.72 Å². The summed E-state index contributed by atoms with van der Waals surface area (Å²) in [6.07, 6.45) is 4.42. The van der Waals surface area contributed by atoms with Gasteiger partial charge in [-0.1, -0.05) is 6.07 Å². The Morgan fingerprint density at radius 1 is 1.25 bits per heavy atom. The molecule has 0 radical (unpaired) electrons. The van der Waals surface area contributed by atoms with Crippen LogP contribution in [0.4, 0.5) is 5.69 Å². The maximum atomic E-state index is 12.6. The van der Waals surface area contributed by atoms with Gasteiger partial charge in [0.15, 0.2) is 11.5 Å². The SMILES string of the molecule is CC(NC(=O)c1ccc(-n2cncn2)c([N+](=O)[O-])c1)c1nnc2ccccn12. The Bertz CT molecular complexity index is 1170. The number of hydrogen-bond donors (Lipinski definition) is 1. The predicted molar refractivity (Wildman–Crippen MR) is 96.9 cm³/mol. The molecule has 140 valence electrons. The van der Waals surface area contributed by atoms with Crippen LogP contribution in [-0.4, -0.2) is 40.2 Å². The molecule has 0 saturated carbocycles. The predicted octanol–water partition coefficient (Wildman–Crippen LogP) is 1.71. The fourth-order valence-corrected chi connectivity index (χ4v) is 2.84. The van der Waals surface area contributed by atoms with Crippen molar-refractivity contribution in [1.29, 1.82) is 0 Å². The molecule has 0 aliphatic rings. The first kappa shape index (κ1) is 17.3. The molecule has 28 heavy (non-hydrogen) atoms. The van der Waals surface area contributed by atoms with Crippen molar-refractivity contribution in [2.24, 2.45) is 0 Å². The van der Waals surface area contributed by atoms with Crippen molar-refractivity contribution in [3.63, 3.8) is 0 Å². The summed E-state index contributed by atoms with van der Waals surface area (Å²) in [4.78, 5) is 27.3. The van der Waals surface area contributed by atoms with E-state index in [4.69, 9.17) is 0 Å². The summed E-state index contributed by atoms with van der Waals surface area (Å²) in [5.74, 6) is 0.0890. The lowest BCUT2D eigenvalue weighted by atomic mass is 10.1. The van der Waals surface area contributed by atoms with Gasteiger partial charge in [-0.3, -0.25) is 19.3 Å². The lowest BCUT2D eigenvalue weighted by molar-refractivity contribution is -0.384. The van der Waals surface area contributed by atoms with E-state index in [9.17, 15) is 14.9 Å². The number of nitro benzene ring substituents is 1. The van der Waals surface area contributed by atoms with Crippen LogP contribution in [0.5, 0.6) is 0 Å². The number of pyridine rings is 1. The topological polar surface area (TPSA) is 133 Å². The number of benzene rings is 1. The largest absolute Gasteiger partial charge is 0.342 e. The van der Waals surface area contributed by atoms with Gasteiger partial charge in [-0.15, -0.1) is 10.2 Å². The third kappa shape index (κ3) is 3.05. The third-order valence-electron chi connectivity index (χ3n) is 4.17. The lowest BCUT2D eigenvalue weighted by Crippen LogP contribution is -2.28. The van der Waals surface area contributed by atoms with Crippen LogP contribution < -0.4 is 5.32 Å². The van der Waals surface area contributed by atoms with Crippen molar-refractivity contribution in [3.05, 3.63) is 76.8 Å². The van der Waals surface area contributed by atoms with E-state index in [1.807, 2.05) is 12.1 Å². The molecule has 1 unspecified atom stereocenters. The minimum atomic E-state index is -0.566. The molecule has 1 atom stereocenters. The van der Waals surface area contributed by atoms with Crippen molar-refractivity contribution in [3.8, 4) is 5.69 Å². The average Bonchev–Trinajstić information content (AvgIpc) is 3.37. The van der Waals surface area contributed by atoms with Crippen LogP contribution in [0.15, 0.2) is 55.2 Å². The fraction of sp³-hybridized carbons (Fsp3) is 0.118. The number of nitrogens with one attached hydrogen (secondary N) is 1. The molecule has 11 heteroatoms. The van der Waals surface area contributed by atoms with Gasteiger partial charge in [0.1, 0.15) is 18.3 Å². The molecule has 3 aromatic heterocycles. The van der Waals surface area contributed by atoms with Crippen LogP contribution in [0.25, 0.3) is 11.3 Å². The van der Waals surface area contributed by atoms with Gasteiger partial charge in [0.2, 0.25) is 0 Å². The Morgan fingerprint density at radius 2 is 2.11 bits per heavy atom. The van der Waals surface area contributed by atoms with Gasteiger partial charge in [0, 0.05) is 17.8 Å². The molecule has 0 aliphatic carbocycles. The number of rotatable bonds is 5. The summed E-state index contributed by atoms with van der Waals surface area (Å²) < 4.78 is 3.03. The van der Waals surface area contributed by atoms with E-state index in [1.165, 1.54) is 35.5 Å². The molecule has 11 nitrogen and oxygen atoms in total. The van der Waals surface area contributed by atoms with Crippen molar-refractivity contribution >= 4 is 17.2 Å². The normalized spacial score (nSPS) is 12.0. The van der Waals surface area contributed by atoms with E-state index in [2.05, 4.69) is 25.6 Å². The number of carbonyl (C=O) groups is 1. The van der Waals surface area contributed by atoms with Gasteiger partial charge in [0.05, 0.1) is 11.0 Å². The van der Waals surface area contributed by atoms with E-state index >= 15 is 0 Å². The zero-order valence-electron chi connectivity index (χ0n) is 14.6. The second-order valence-corrected chi connectivity index (χ2v) is 5.98. The Balaban J connectivity index is 1.61. The van der Waals surface area contributed by atoms with Crippen molar-refractivity contribution in [2.75, 3.05) is 0 Å². The first-order chi connectivity index (χ1) is 13.5. The molecule has 1 N–H and O–H groups in total. The second-order valence-electron chi connectivity index (χ2n) is 5.98. The van der Waals surface area contributed by atoms with Crippen LogP contribution in [-0.2, 0) is 0 Å². The number of fused-ring (bicyclic) bond motifs is 1. The summed E-state index contributed by atoms with van der Waals surface area (Å²) in [5.41, 5.74) is 0.775. The maximum Gasteiger partial charge on any atom is 0.295 e. The molecule has 0 saturated heterocycles. The second kappa shape index (κ2) is 6.87. The first-order valence-corrected chi connectivity index (χ1v) is 8.28. The summed E-state index contributed by atoms with van der Waals surface area (Å²) in [6.45, 7) is 1.76. The molecule has 1 aromatic carbocycles. The van der Waals surface area contributed by atoms with Crippen LogP contribution in [0.3, 0.4) is 0 Å². The lowest BCUT2D eigenvalue weighted by Gasteiger charge is -2.13. The van der Waals surface area contributed by atoms with Crippen LogP contribution in [0.2, 0.25) is 0 Å². The number of hydrogen-bond acceptors (Lipinski definition) is 7. The fourth-order valence-electron chi connectivity index (χ4n) is 2.84. The highest BCUT2D eigenvalue weighted by molar-refractivity contribution is 5.95. The minimum absolute atomic E-state index is 0.149. The molecule has 4 rings (SSSR count). The smallest absolute Gasteiger partial charge is 0.295 e. The number of amides is 1. The summed E-state index contributed by atoms with van der Waals surface area (Å²) >= 11 is 0. The number of carbonyl (C=O) groups excluding carboxylic acids is 1. The summed E-state index contributed by atoms with van der Waals surface area (Å²) in [6, 6.07) is 9.18. The highest BCUT2D eigenvalue weighted by Crippen LogP contribution is 2.24. The van der Waals surface area contributed by atoms with Gasteiger partial charge in [-0.25, -0.2) is 9.67 Å². The van der Waals surface area contributed by atoms with E-state index in [1.54, 1.807) is 23.6 Å². The first-order valence-electron chi connectivity index (χ1n) is 8.28. The van der Waals surface area contributed by atoms with Gasteiger partial charge < -0.3 is 5.32 Å². The summed E-state index contributed by atoms with van der Waals surface area (Å²) in [7, 11) is 0. The summed E-state index contributed by atoms with van der Waals surface area (Å²) in [5, 5.41) is 26.3. The van der Waals surface area contributed by atoms with Crippen molar-refractivity contribution in [2.45, 2.75) is 13.0 Å². The highest BCUT2D eigenvalue weighted by Gasteiger charge is 2.21. The maximum absolute atomic E-state index is 12.6. The molecular formula is C17H14N8O3. The van der Waals surface area contributed by atoms with E-state index in [-0.39, 0.29) is 16.9 Å². The molecule has 3 heterocycles. The molecule has 0 spiro atoms. The van der Waals surface area contributed by atoms with Gasteiger partial charge in [-0.2, -0.15) is 5.10 Å². The van der Waals surface area contributed by atoms with Gasteiger partial charge in [-0.05, 0) is 31.2 Å².